The van der Waals surface area contributed by atoms with E-state index in [2.05, 4.69) is 26.3 Å². The second-order valence-electron chi connectivity index (χ2n) is 4.82. The fourth-order valence-electron chi connectivity index (χ4n) is 2.55. The summed E-state index contributed by atoms with van der Waals surface area (Å²) in [5.41, 5.74) is 1.23. The maximum atomic E-state index is 5.08. The number of nitrogens with zero attached hydrogens (tertiary/aromatic N) is 5. The van der Waals surface area contributed by atoms with E-state index in [-0.39, 0.29) is 6.04 Å². The molecule has 2 aromatic rings. The lowest BCUT2D eigenvalue weighted by Gasteiger charge is -2.20. The number of hydrogen-bond acceptors (Lipinski definition) is 5. The van der Waals surface area contributed by atoms with Crippen LogP contribution < -0.4 is 0 Å². The monoisotopic (exact) mass is 247 g/mol. The highest BCUT2D eigenvalue weighted by Gasteiger charge is 2.29. The predicted octanol–water partition coefficient (Wildman–Crippen LogP) is 1.45. The van der Waals surface area contributed by atoms with Crippen LogP contribution in [0.5, 0.6) is 0 Å². The van der Waals surface area contributed by atoms with Gasteiger partial charge in [0.1, 0.15) is 0 Å². The molecule has 0 amide bonds. The highest BCUT2D eigenvalue weighted by molar-refractivity contribution is 5.06. The van der Waals surface area contributed by atoms with Crippen molar-refractivity contribution in [3.8, 4) is 0 Å². The van der Waals surface area contributed by atoms with Gasteiger partial charge in [-0.2, -0.15) is 10.1 Å². The third-order valence-electron chi connectivity index (χ3n) is 3.35. The Morgan fingerprint density at radius 3 is 3.06 bits per heavy atom. The van der Waals surface area contributed by atoms with Crippen LogP contribution in [0.15, 0.2) is 16.9 Å². The van der Waals surface area contributed by atoms with Crippen molar-refractivity contribution in [2.24, 2.45) is 7.05 Å². The molecule has 0 saturated carbocycles. The Bertz CT molecular complexity index is 532. The van der Waals surface area contributed by atoms with Crippen molar-refractivity contribution in [2.75, 3.05) is 6.54 Å². The molecule has 0 N–H and O–H groups in total. The fraction of sp³-hybridized carbons (Fsp3) is 0.583. The standard InChI is InChI=1S/C12H17N5O/c1-9-14-12(15-18-9)11-4-3-5-17(11)8-10-6-13-16(2)7-10/h6-7,11H,3-5,8H2,1-2H3. The molecule has 0 bridgehead atoms. The van der Waals surface area contributed by atoms with Crippen LogP contribution in [0, 0.1) is 6.92 Å². The molecular weight excluding hydrogens is 230 g/mol. The van der Waals surface area contributed by atoms with Crippen molar-refractivity contribution in [2.45, 2.75) is 32.4 Å². The number of likely N-dealkylation sites (tertiary alicyclic amines) is 1. The van der Waals surface area contributed by atoms with Gasteiger partial charge >= 0.3 is 0 Å². The van der Waals surface area contributed by atoms with Gasteiger partial charge in [0.25, 0.3) is 0 Å². The first-order valence-corrected chi connectivity index (χ1v) is 6.24. The van der Waals surface area contributed by atoms with Gasteiger partial charge in [0, 0.05) is 32.3 Å². The zero-order valence-corrected chi connectivity index (χ0v) is 10.7. The summed E-state index contributed by atoms with van der Waals surface area (Å²) in [5.74, 6) is 1.45. The number of hydrogen-bond donors (Lipinski definition) is 0. The van der Waals surface area contributed by atoms with E-state index in [1.54, 1.807) is 0 Å². The lowest BCUT2D eigenvalue weighted by molar-refractivity contribution is 0.234. The van der Waals surface area contributed by atoms with Gasteiger partial charge in [-0.25, -0.2) is 0 Å². The molecule has 0 aliphatic carbocycles. The Kier molecular flexibility index (Phi) is 2.87. The van der Waals surface area contributed by atoms with Gasteiger partial charge in [0.05, 0.1) is 12.2 Å². The Hall–Kier alpha value is -1.69. The first-order chi connectivity index (χ1) is 8.72. The first kappa shape index (κ1) is 11.4. The van der Waals surface area contributed by atoms with E-state index < -0.39 is 0 Å². The van der Waals surface area contributed by atoms with E-state index in [1.807, 2.05) is 24.9 Å². The van der Waals surface area contributed by atoms with Crippen LogP contribution in [-0.4, -0.2) is 31.4 Å². The van der Waals surface area contributed by atoms with Gasteiger partial charge in [0.15, 0.2) is 5.82 Å². The van der Waals surface area contributed by atoms with Crippen molar-refractivity contribution in [1.29, 1.82) is 0 Å². The maximum absolute atomic E-state index is 5.08. The summed E-state index contributed by atoms with van der Waals surface area (Å²) in [4.78, 5) is 6.74. The summed E-state index contributed by atoms with van der Waals surface area (Å²) >= 11 is 0. The molecule has 0 aromatic carbocycles. The average Bonchev–Trinajstić information content (AvgIpc) is 3.01. The maximum Gasteiger partial charge on any atom is 0.223 e. The van der Waals surface area contributed by atoms with E-state index in [1.165, 1.54) is 12.0 Å². The van der Waals surface area contributed by atoms with Gasteiger partial charge in [0.2, 0.25) is 5.89 Å². The largest absolute Gasteiger partial charge is 0.340 e. The minimum absolute atomic E-state index is 0.280. The Balaban J connectivity index is 1.75. The SMILES string of the molecule is Cc1nc(C2CCCN2Cc2cnn(C)c2)no1. The minimum atomic E-state index is 0.280. The van der Waals surface area contributed by atoms with Crippen LogP contribution in [-0.2, 0) is 13.6 Å². The lowest BCUT2D eigenvalue weighted by Crippen LogP contribution is -2.23. The van der Waals surface area contributed by atoms with Crippen LogP contribution in [0.4, 0.5) is 0 Å². The smallest absolute Gasteiger partial charge is 0.223 e. The van der Waals surface area contributed by atoms with Crippen molar-refractivity contribution >= 4 is 0 Å². The average molecular weight is 247 g/mol. The molecule has 0 spiro atoms. The quantitative estimate of drug-likeness (QED) is 0.821. The lowest BCUT2D eigenvalue weighted by atomic mass is 10.2. The topological polar surface area (TPSA) is 60.0 Å². The van der Waals surface area contributed by atoms with Gasteiger partial charge < -0.3 is 4.52 Å². The Morgan fingerprint density at radius 1 is 1.50 bits per heavy atom. The van der Waals surface area contributed by atoms with Crippen molar-refractivity contribution in [1.82, 2.24) is 24.8 Å². The summed E-state index contributed by atoms with van der Waals surface area (Å²) in [7, 11) is 1.94. The van der Waals surface area contributed by atoms with Gasteiger partial charge in [-0.3, -0.25) is 9.58 Å². The number of aryl methyl sites for hydroxylation is 2. The summed E-state index contributed by atoms with van der Waals surface area (Å²) in [6, 6.07) is 0.280. The van der Waals surface area contributed by atoms with Crippen LogP contribution >= 0.6 is 0 Å². The molecule has 1 aliphatic heterocycles. The van der Waals surface area contributed by atoms with E-state index >= 15 is 0 Å². The van der Waals surface area contributed by atoms with Crippen molar-refractivity contribution in [3.05, 3.63) is 29.7 Å². The summed E-state index contributed by atoms with van der Waals surface area (Å²) in [6.45, 7) is 3.80. The highest BCUT2D eigenvalue weighted by atomic mass is 16.5. The zero-order valence-electron chi connectivity index (χ0n) is 10.7. The van der Waals surface area contributed by atoms with E-state index in [0.717, 1.165) is 25.3 Å². The van der Waals surface area contributed by atoms with Crippen LogP contribution in [0.25, 0.3) is 0 Å². The van der Waals surface area contributed by atoms with Gasteiger partial charge in [-0.1, -0.05) is 5.16 Å². The third kappa shape index (κ3) is 2.15. The number of aromatic nitrogens is 4. The van der Waals surface area contributed by atoms with Crippen LogP contribution in [0.2, 0.25) is 0 Å². The molecule has 1 fully saturated rings. The van der Waals surface area contributed by atoms with Crippen molar-refractivity contribution in [3.63, 3.8) is 0 Å². The van der Waals surface area contributed by atoms with Gasteiger partial charge in [-0.15, -0.1) is 0 Å². The second kappa shape index (κ2) is 4.53. The Morgan fingerprint density at radius 2 is 2.39 bits per heavy atom. The molecule has 1 unspecified atom stereocenters. The fourth-order valence-corrected chi connectivity index (χ4v) is 2.55. The molecule has 18 heavy (non-hydrogen) atoms. The van der Waals surface area contributed by atoms with Crippen LogP contribution in [0.3, 0.4) is 0 Å². The molecular formula is C12H17N5O. The molecule has 1 aliphatic rings. The summed E-state index contributed by atoms with van der Waals surface area (Å²) in [5, 5.41) is 8.25. The van der Waals surface area contributed by atoms with E-state index in [9.17, 15) is 0 Å². The molecule has 0 radical (unpaired) electrons. The van der Waals surface area contributed by atoms with E-state index in [4.69, 9.17) is 4.52 Å². The summed E-state index contributed by atoms with van der Waals surface area (Å²) in [6.07, 6.45) is 6.24. The first-order valence-electron chi connectivity index (χ1n) is 6.24. The molecule has 96 valence electrons. The van der Waals surface area contributed by atoms with Gasteiger partial charge in [-0.05, 0) is 19.4 Å². The molecule has 3 heterocycles. The Labute approximate surface area is 106 Å². The molecule has 1 saturated heterocycles. The van der Waals surface area contributed by atoms with Crippen LogP contribution in [0.1, 0.15) is 36.2 Å². The third-order valence-corrected chi connectivity index (χ3v) is 3.35. The molecule has 6 heteroatoms. The molecule has 2 aromatic heterocycles. The molecule has 1 atom stereocenters. The normalized spacial score (nSPS) is 20.7. The molecule has 3 rings (SSSR count). The van der Waals surface area contributed by atoms with E-state index in [0.29, 0.717) is 5.89 Å². The minimum Gasteiger partial charge on any atom is -0.340 e. The predicted molar refractivity (Wildman–Crippen MR) is 64.6 cm³/mol. The molecule has 6 nitrogen and oxygen atoms in total. The van der Waals surface area contributed by atoms with Crippen molar-refractivity contribution < 1.29 is 4.52 Å². The summed E-state index contributed by atoms with van der Waals surface area (Å²) < 4.78 is 6.91. The second-order valence-corrected chi connectivity index (χ2v) is 4.82. The number of rotatable bonds is 3. The highest BCUT2D eigenvalue weighted by Crippen LogP contribution is 2.31. The zero-order chi connectivity index (χ0) is 12.5.